The summed E-state index contributed by atoms with van der Waals surface area (Å²) in [5.41, 5.74) is 2.19. The van der Waals surface area contributed by atoms with Crippen molar-refractivity contribution >= 4 is 28.3 Å². The van der Waals surface area contributed by atoms with Crippen molar-refractivity contribution in [3.8, 4) is 11.5 Å². The lowest BCUT2D eigenvalue weighted by atomic mass is 10.1. The lowest BCUT2D eigenvalue weighted by molar-refractivity contribution is 0.102. The minimum Gasteiger partial charge on any atom is -0.335 e. The fourth-order valence-electron chi connectivity index (χ4n) is 2.66. The first-order valence-corrected chi connectivity index (χ1v) is 8.98. The van der Waals surface area contributed by atoms with E-state index in [1.54, 1.807) is 0 Å². The van der Waals surface area contributed by atoms with E-state index in [-0.39, 0.29) is 11.5 Å². The number of carbonyl (C=O) groups is 1. The number of thioether (sulfide) groups is 1. The minimum atomic E-state index is 0.0147. The van der Waals surface area contributed by atoms with Crippen molar-refractivity contribution in [1.29, 1.82) is 0 Å². The van der Waals surface area contributed by atoms with Crippen LogP contribution in [0.5, 0.6) is 0 Å². The molecule has 0 fully saturated rings. The molecular weight excluding hydrogens is 348 g/mol. The van der Waals surface area contributed by atoms with Crippen LogP contribution >= 0.6 is 11.8 Å². The summed E-state index contributed by atoms with van der Waals surface area (Å²) in [6.45, 7) is 1.89. The van der Waals surface area contributed by atoms with Gasteiger partial charge < -0.3 is 5.84 Å². The normalized spacial score (nSPS) is 11.1. The van der Waals surface area contributed by atoms with Crippen LogP contribution < -0.4 is 5.84 Å². The van der Waals surface area contributed by atoms with Crippen molar-refractivity contribution in [3.63, 3.8) is 0 Å². The second kappa shape index (κ2) is 6.64. The number of H-pyrrole nitrogens is 1. The number of carbonyl (C=O) groups excluding carboxylic acids is 1. The second-order valence-corrected chi connectivity index (χ2v) is 6.83. The van der Waals surface area contributed by atoms with Gasteiger partial charge in [-0.25, -0.2) is 4.68 Å². The summed E-state index contributed by atoms with van der Waals surface area (Å²) in [7, 11) is 0. The molecule has 0 bridgehead atoms. The first kappa shape index (κ1) is 16.3. The number of hydrogen-bond donors (Lipinski definition) is 2. The van der Waals surface area contributed by atoms with Gasteiger partial charge in [-0.15, -0.1) is 10.2 Å². The molecule has 0 aliphatic carbocycles. The molecule has 130 valence electrons. The molecular formula is C18H16N6OS. The number of Topliss-reactive ketones (excluding diaryl/α,β-unsaturated/α-hetero) is 1. The highest BCUT2D eigenvalue weighted by Crippen LogP contribution is 2.22. The van der Waals surface area contributed by atoms with Crippen molar-refractivity contribution in [2.75, 3.05) is 11.6 Å². The largest absolute Gasteiger partial charge is 0.335 e. The van der Waals surface area contributed by atoms with Crippen LogP contribution in [-0.4, -0.2) is 36.6 Å². The monoisotopic (exact) mass is 364 g/mol. The molecule has 0 unspecified atom stereocenters. The first-order chi connectivity index (χ1) is 12.6. The van der Waals surface area contributed by atoms with Crippen LogP contribution in [0.4, 0.5) is 0 Å². The smallest absolute Gasteiger partial charge is 0.210 e. The van der Waals surface area contributed by atoms with E-state index in [0.29, 0.717) is 22.2 Å². The van der Waals surface area contributed by atoms with E-state index >= 15 is 0 Å². The van der Waals surface area contributed by atoms with E-state index in [0.717, 1.165) is 16.5 Å². The number of nitrogens with two attached hydrogens (primary N) is 1. The molecule has 0 aliphatic rings. The van der Waals surface area contributed by atoms with Crippen LogP contribution in [0, 0.1) is 6.92 Å². The predicted octanol–water partition coefficient (Wildman–Crippen LogP) is 2.82. The molecule has 0 spiro atoms. The maximum absolute atomic E-state index is 12.5. The molecule has 0 saturated carbocycles. The minimum absolute atomic E-state index is 0.0147. The Labute approximate surface area is 153 Å². The number of aromatic amines is 1. The van der Waals surface area contributed by atoms with E-state index in [9.17, 15) is 4.79 Å². The number of ketones is 1. The number of nitrogen functional groups attached to an aromatic ring is 1. The third-order valence-corrected chi connectivity index (χ3v) is 4.95. The molecule has 2 aromatic carbocycles. The second-order valence-electron chi connectivity index (χ2n) is 5.89. The number of nitrogens with one attached hydrogen (secondary N) is 1. The fraction of sp³-hybridized carbons (Fsp3) is 0.111. The summed E-state index contributed by atoms with van der Waals surface area (Å²) >= 11 is 1.25. The van der Waals surface area contributed by atoms with Gasteiger partial charge in [0.25, 0.3) is 0 Å². The van der Waals surface area contributed by atoms with Gasteiger partial charge in [-0.3, -0.25) is 9.89 Å². The number of rotatable bonds is 5. The number of aromatic nitrogens is 5. The van der Waals surface area contributed by atoms with E-state index in [4.69, 9.17) is 5.84 Å². The zero-order valence-corrected chi connectivity index (χ0v) is 14.8. The summed E-state index contributed by atoms with van der Waals surface area (Å²) in [4.78, 5) is 12.5. The molecule has 2 heterocycles. The standard InChI is InChI=1S/C18H16N6OS/c1-11-8-15(21-20-11)17-22-23-18(24(17)19)26-10-16(25)14-7-6-12-4-2-3-5-13(12)9-14/h2-9H,10,19H2,1H3,(H,20,21). The summed E-state index contributed by atoms with van der Waals surface area (Å²) in [6.07, 6.45) is 0. The molecule has 2 aromatic heterocycles. The summed E-state index contributed by atoms with van der Waals surface area (Å²) < 4.78 is 1.36. The molecule has 0 saturated heterocycles. The van der Waals surface area contributed by atoms with E-state index in [1.165, 1.54) is 16.4 Å². The molecule has 26 heavy (non-hydrogen) atoms. The predicted molar refractivity (Wildman–Crippen MR) is 101 cm³/mol. The van der Waals surface area contributed by atoms with Gasteiger partial charge in [0, 0.05) is 11.3 Å². The lowest BCUT2D eigenvalue weighted by Crippen LogP contribution is -2.13. The fourth-order valence-corrected chi connectivity index (χ4v) is 3.41. The van der Waals surface area contributed by atoms with Crippen LogP contribution in [-0.2, 0) is 0 Å². The highest BCUT2D eigenvalue weighted by Gasteiger charge is 2.16. The number of benzene rings is 2. The van der Waals surface area contributed by atoms with Crippen LogP contribution in [0.25, 0.3) is 22.3 Å². The molecule has 8 heteroatoms. The Balaban J connectivity index is 1.49. The average Bonchev–Trinajstić information content (AvgIpc) is 3.24. The molecule has 3 N–H and O–H groups in total. The average molecular weight is 364 g/mol. The number of fused-ring (bicyclic) bond motifs is 1. The Morgan fingerprint density at radius 3 is 2.73 bits per heavy atom. The van der Waals surface area contributed by atoms with Gasteiger partial charge in [-0.2, -0.15) is 5.10 Å². The Kier molecular flexibility index (Phi) is 4.18. The SMILES string of the molecule is Cc1cc(-c2nnc(SCC(=O)c3ccc4ccccc4c3)n2N)n[nH]1. The molecule has 7 nitrogen and oxygen atoms in total. The van der Waals surface area contributed by atoms with Crippen molar-refractivity contribution in [1.82, 2.24) is 25.1 Å². The topological polar surface area (TPSA) is 102 Å². The lowest BCUT2D eigenvalue weighted by Gasteiger charge is -2.04. The van der Waals surface area contributed by atoms with Crippen molar-refractivity contribution in [2.45, 2.75) is 12.1 Å². The van der Waals surface area contributed by atoms with Gasteiger partial charge in [0.2, 0.25) is 11.0 Å². The zero-order chi connectivity index (χ0) is 18.1. The van der Waals surface area contributed by atoms with Gasteiger partial charge in [-0.05, 0) is 29.8 Å². The van der Waals surface area contributed by atoms with Gasteiger partial charge in [0.15, 0.2) is 5.78 Å². The molecule has 0 atom stereocenters. The molecule has 4 aromatic rings. The summed E-state index contributed by atoms with van der Waals surface area (Å²) in [5.74, 6) is 6.75. The number of nitrogens with zero attached hydrogens (tertiary/aromatic N) is 4. The third-order valence-electron chi connectivity index (χ3n) is 4.00. The van der Waals surface area contributed by atoms with Gasteiger partial charge in [-0.1, -0.05) is 48.2 Å². The quantitative estimate of drug-likeness (QED) is 0.321. The third kappa shape index (κ3) is 3.06. The Morgan fingerprint density at radius 2 is 1.96 bits per heavy atom. The molecule has 0 aliphatic heterocycles. The molecule has 0 radical (unpaired) electrons. The van der Waals surface area contributed by atoms with Crippen LogP contribution in [0.3, 0.4) is 0 Å². The van der Waals surface area contributed by atoms with Gasteiger partial charge in [0.05, 0.1) is 5.75 Å². The number of hydrogen-bond acceptors (Lipinski definition) is 6. The zero-order valence-electron chi connectivity index (χ0n) is 14.0. The Morgan fingerprint density at radius 1 is 1.15 bits per heavy atom. The first-order valence-electron chi connectivity index (χ1n) is 7.99. The van der Waals surface area contributed by atoms with Crippen molar-refractivity contribution < 1.29 is 4.79 Å². The van der Waals surface area contributed by atoms with Gasteiger partial charge >= 0.3 is 0 Å². The van der Waals surface area contributed by atoms with Crippen LogP contribution in [0.2, 0.25) is 0 Å². The maximum atomic E-state index is 12.5. The number of aryl methyl sites for hydroxylation is 1. The van der Waals surface area contributed by atoms with Crippen molar-refractivity contribution in [3.05, 3.63) is 59.8 Å². The Bertz CT molecular complexity index is 1100. The summed E-state index contributed by atoms with van der Waals surface area (Å²) in [5, 5.41) is 17.7. The van der Waals surface area contributed by atoms with Crippen LogP contribution in [0.15, 0.2) is 53.7 Å². The Hall–Kier alpha value is -3.13. The van der Waals surface area contributed by atoms with Crippen LogP contribution in [0.1, 0.15) is 16.1 Å². The maximum Gasteiger partial charge on any atom is 0.210 e. The van der Waals surface area contributed by atoms with E-state index in [2.05, 4.69) is 20.4 Å². The van der Waals surface area contributed by atoms with Crippen molar-refractivity contribution in [2.24, 2.45) is 0 Å². The molecule has 4 rings (SSSR count). The summed E-state index contributed by atoms with van der Waals surface area (Å²) in [6, 6.07) is 15.5. The van der Waals surface area contributed by atoms with E-state index < -0.39 is 0 Å². The van der Waals surface area contributed by atoms with Gasteiger partial charge in [0.1, 0.15) is 5.69 Å². The van der Waals surface area contributed by atoms with E-state index in [1.807, 2.05) is 55.5 Å². The molecule has 0 amide bonds. The highest BCUT2D eigenvalue weighted by atomic mass is 32.2. The highest BCUT2D eigenvalue weighted by molar-refractivity contribution is 7.99.